The Morgan fingerprint density at radius 1 is 1.32 bits per heavy atom. The smallest absolute Gasteiger partial charge is 0.124 e. The predicted molar refractivity (Wildman–Crippen MR) is 77.5 cm³/mol. The first-order chi connectivity index (χ1) is 9.13. The maximum Gasteiger partial charge on any atom is 0.124 e. The van der Waals surface area contributed by atoms with Crippen molar-refractivity contribution >= 4 is 15.9 Å². The molecule has 3 nitrogen and oxygen atoms in total. The number of nitrogens with zero attached hydrogens (tertiary/aromatic N) is 2. The fourth-order valence-corrected chi connectivity index (χ4v) is 2.56. The van der Waals surface area contributed by atoms with E-state index in [1.165, 1.54) is 6.07 Å². The van der Waals surface area contributed by atoms with Crippen LogP contribution in [0.25, 0.3) is 0 Å². The van der Waals surface area contributed by atoms with Crippen molar-refractivity contribution in [3.8, 4) is 0 Å². The van der Waals surface area contributed by atoms with Crippen molar-refractivity contribution in [1.82, 2.24) is 15.1 Å². The van der Waals surface area contributed by atoms with E-state index in [-0.39, 0.29) is 11.9 Å². The van der Waals surface area contributed by atoms with Gasteiger partial charge in [-0.2, -0.15) is 5.10 Å². The predicted octanol–water partition coefficient (Wildman–Crippen LogP) is 3.50. The van der Waals surface area contributed by atoms with Crippen LogP contribution < -0.4 is 5.32 Å². The molecular weight excluding hydrogens is 309 g/mol. The van der Waals surface area contributed by atoms with E-state index in [4.69, 9.17) is 0 Å². The number of rotatable bonds is 5. The minimum Gasteiger partial charge on any atom is -0.306 e. The molecule has 0 aliphatic heterocycles. The third-order valence-electron chi connectivity index (χ3n) is 2.94. The molecule has 1 atom stereocenters. The molecule has 2 aromatic rings. The first kappa shape index (κ1) is 14.2. The number of hydrogen-bond donors (Lipinski definition) is 1. The Morgan fingerprint density at radius 3 is 2.68 bits per heavy atom. The van der Waals surface area contributed by atoms with Crippen LogP contribution in [-0.4, -0.2) is 16.3 Å². The zero-order valence-corrected chi connectivity index (χ0v) is 12.6. The summed E-state index contributed by atoms with van der Waals surface area (Å²) in [6.07, 6.45) is 3.82. The Hall–Kier alpha value is -1.20. The number of aryl methyl sites for hydroxylation is 1. The Balaban J connectivity index is 2.38. The average molecular weight is 326 g/mol. The molecule has 5 heteroatoms. The Bertz CT molecular complexity index is 533. The second-order valence-electron chi connectivity index (χ2n) is 4.32. The lowest BCUT2D eigenvalue weighted by atomic mass is 10.0. The number of benzene rings is 1. The third kappa shape index (κ3) is 3.42. The summed E-state index contributed by atoms with van der Waals surface area (Å²) in [6.45, 7) is 5.70. The highest BCUT2D eigenvalue weighted by molar-refractivity contribution is 9.10. The second kappa shape index (κ2) is 6.30. The molecule has 1 aromatic carbocycles. The molecule has 19 heavy (non-hydrogen) atoms. The highest BCUT2D eigenvalue weighted by Crippen LogP contribution is 2.25. The van der Waals surface area contributed by atoms with Crippen LogP contribution in [0, 0.1) is 5.82 Å². The van der Waals surface area contributed by atoms with E-state index in [9.17, 15) is 4.39 Å². The zero-order chi connectivity index (χ0) is 13.8. The van der Waals surface area contributed by atoms with Gasteiger partial charge in [-0.1, -0.05) is 22.9 Å². The van der Waals surface area contributed by atoms with Gasteiger partial charge < -0.3 is 5.32 Å². The summed E-state index contributed by atoms with van der Waals surface area (Å²) >= 11 is 3.34. The average Bonchev–Trinajstić information content (AvgIpc) is 2.83. The van der Waals surface area contributed by atoms with Crippen molar-refractivity contribution < 1.29 is 4.39 Å². The normalized spacial score (nSPS) is 12.6. The molecule has 0 bridgehead atoms. The van der Waals surface area contributed by atoms with Gasteiger partial charge in [-0.15, -0.1) is 0 Å². The molecule has 0 spiro atoms. The molecule has 0 aliphatic rings. The van der Waals surface area contributed by atoms with Gasteiger partial charge >= 0.3 is 0 Å². The van der Waals surface area contributed by atoms with Crippen molar-refractivity contribution in [2.45, 2.75) is 26.4 Å². The van der Waals surface area contributed by atoms with E-state index < -0.39 is 0 Å². The summed E-state index contributed by atoms with van der Waals surface area (Å²) in [7, 11) is 0. The molecule has 1 heterocycles. The lowest BCUT2D eigenvalue weighted by Crippen LogP contribution is -2.21. The molecule has 0 saturated carbocycles. The molecule has 0 saturated heterocycles. The molecular formula is C14H17BrFN3. The van der Waals surface area contributed by atoms with E-state index in [0.717, 1.165) is 28.7 Å². The minimum absolute atomic E-state index is 0.0442. The summed E-state index contributed by atoms with van der Waals surface area (Å²) in [5.74, 6) is -0.241. The van der Waals surface area contributed by atoms with E-state index in [2.05, 4.69) is 26.3 Å². The summed E-state index contributed by atoms with van der Waals surface area (Å²) in [5.41, 5.74) is 1.94. The first-order valence-corrected chi connectivity index (χ1v) is 7.15. The molecule has 0 fully saturated rings. The van der Waals surface area contributed by atoms with Crippen LogP contribution in [-0.2, 0) is 6.54 Å². The summed E-state index contributed by atoms with van der Waals surface area (Å²) in [6, 6.07) is 4.90. The van der Waals surface area contributed by atoms with Crippen molar-refractivity contribution in [3.63, 3.8) is 0 Å². The summed E-state index contributed by atoms with van der Waals surface area (Å²) in [4.78, 5) is 0. The Labute approximate surface area is 121 Å². The molecule has 0 amide bonds. The third-order valence-corrected chi connectivity index (χ3v) is 3.39. The van der Waals surface area contributed by atoms with Gasteiger partial charge in [0.1, 0.15) is 5.82 Å². The maximum absolute atomic E-state index is 13.5. The monoisotopic (exact) mass is 325 g/mol. The first-order valence-electron chi connectivity index (χ1n) is 6.35. The Kier molecular flexibility index (Phi) is 4.71. The molecule has 0 aliphatic carbocycles. The fourth-order valence-electron chi connectivity index (χ4n) is 2.08. The fraction of sp³-hybridized carbons (Fsp3) is 0.357. The largest absolute Gasteiger partial charge is 0.306 e. The quantitative estimate of drug-likeness (QED) is 0.911. The number of nitrogens with one attached hydrogen (secondary N) is 1. The lowest BCUT2D eigenvalue weighted by molar-refractivity contribution is 0.600. The van der Waals surface area contributed by atoms with Crippen molar-refractivity contribution in [3.05, 3.63) is 52.0 Å². The van der Waals surface area contributed by atoms with Gasteiger partial charge in [0.05, 0.1) is 12.2 Å². The Morgan fingerprint density at radius 2 is 2.11 bits per heavy atom. The molecule has 1 N–H and O–H groups in total. The molecule has 1 aromatic heterocycles. The van der Waals surface area contributed by atoms with Gasteiger partial charge in [0.25, 0.3) is 0 Å². The molecule has 1 unspecified atom stereocenters. The van der Waals surface area contributed by atoms with Crippen LogP contribution in [0.1, 0.15) is 31.0 Å². The standard InChI is InChI=1S/C14H17BrFN3/c1-3-17-14(11-8-18-19(4-2)9-11)10-5-12(15)7-13(16)6-10/h5-9,14,17H,3-4H2,1-2H3. The van der Waals surface area contributed by atoms with Crippen LogP contribution in [0.4, 0.5) is 4.39 Å². The maximum atomic E-state index is 13.5. The summed E-state index contributed by atoms with van der Waals surface area (Å²) in [5, 5.41) is 7.65. The van der Waals surface area contributed by atoms with Crippen LogP contribution in [0.15, 0.2) is 35.1 Å². The SMILES string of the molecule is CCNC(c1cc(F)cc(Br)c1)c1cnn(CC)c1. The van der Waals surface area contributed by atoms with Crippen LogP contribution in [0.5, 0.6) is 0 Å². The van der Waals surface area contributed by atoms with E-state index >= 15 is 0 Å². The summed E-state index contributed by atoms with van der Waals surface area (Å²) < 4.78 is 16.1. The number of aromatic nitrogens is 2. The van der Waals surface area contributed by atoms with Crippen LogP contribution >= 0.6 is 15.9 Å². The van der Waals surface area contributed by atoms with E-state index in [1.54, 1.807) is 6.07 Å². The van der Waals surface area contributed by atoms with Crippen molar-refractivity contribution in [1.29, 1.82) is 0 Å². The molecule has 0 radical (unpaired) electrons. The van der Waals surface area contributed by atoms with Gasteiger partial charge in [0, 0.05) is 22.8 Å². The highest BCUT2D eigenvalue weighted by atomic mass is 79.9. The van der Waals surface area contributed by atoms with E-state index in [0.29, 0.717) is 0 Å². The second-order valence-corrected chi connectivity index (χ2v) is 5.24. The topological polar surface area (TPSA) is 29.9 Å². The van der Waals surface area contributed by atoms with Crippen LogP contribution in [0.2, 0.25) is 0 Å². The van der Waals surface area contributed by atoms with Gasteiger partial charge in [-0.3, -0.25) is 4.68 Å². The number of halogens is 2. The zero-order valence-electron chi connectivity index (χ0n) is 11.0. The number of hydrogen-bond acceptors (Lipinski definition) is 2. The van der Waals surface area contributed by atoms with Gasteiger partial charge in [-0.05, 0) is 37.2 Å². The van der Waals surface area contributed by atoms with Crippen molar-refractivity contribution in [2.24, 2.45) is 0 Å². The minimum atomic E-state index is -0.241. The lowest BCUT2D eigenvalue weighted by Gasteiger charge is -2.17. The van der Waals surface area contributed by atoms with Gasteiger partial charge in [0.2, 0.25) is 0 Å². The highest BCUT2D eigenvalue weighted by Gasteiger charge is 2.16. The molecule has 102 valence electrons. The van der Waals surface area contributed by atoms with E-state index in [1.807, 2.05) is 37.0 Å². The van der Waals surface area contributed by atoms with Crippen molar-refractivity contribution in [2.75, 3.05) is 6.54 Å². The van der Waals surface area contributed by atoms with Crippen LogP contribution in [0.3, 0.4) is 0 Å². The van der Waals surface area contributed by atoms with Gasteiger partial charge in [-0.25, -0.2) is 4.39 Å². The molecule has 2 rings (SSSR count). The van der Waals surface area contributed by atoms with Gasteiger partial charge in [0.15, 0.2) is 0 Å².